The summed E-state index contributed by atoms with van der Waals surface area (Å²) in [6.07, 6.45) is 1.97. The predicted molar refractivity (Wildman–Crippen MR) is 109 cm³/mol. The van der Waals surface area contributed by atoms with Gasteiger partial charge >= 0.3 is 5.97 Å². The third-order valence-electron chi connectivity index (χ3n) is 5.11. The Morgan fingerprint density at radius 3 is 2.68 bits per heavy atom. The summed E-state index contributed by atoms with van der Waals surface area (Å²) in [7, 11) is 0. The number of fused-ring (bicyclic) bond motifs is 1. The number of phenolic OH excluding ortho intramolecular Hbond substituents is 1. The van der Waals surface area contributed by atoms with Crippen LogP contribution >= 0.6 is 15.9 Å². The summed E-state index contributed by atoms with van der Waals surface area (Å²) in [6.45, 7) is 5.96. The van der Waals surface area contributed by atoms with Gasteiger partial charge in [0.1, 0.15) is 5.78 Å². The van der Waals surface area contributed by atoms with E-state index in [0.717, 1.165) is 18.6 Å². The zero-order valence-corrected chi connectivity index (χ0v) is 17.8. The first-order chi connectivity index (χ1) is 13.4. The van der Waals surface area contributed by atoms with Gasteiger partial charge in [-0.05, 0) is 67.2 Å². The van der Waals surface area contributed by atoms with Crippen molar-refractivity contribution in [1.82, 2.24) is 0 Å². The van der Waals surface area contributed by atoms with Gasteiger partial charge < -0.3 is 14.6 Å². The van der Waals surface area contributed by atoms with Gasteiger partial charge in [-0.2, -0.15) is 0 Å². The Balaban J connectivity index is 2.20. The quantitative estimate of drug-likeness (QED) is 0.677. The van der Waals surface area contributed by atoms with Crippen molar-refractivity contribution in [2.24, 2.45) is 10.9 Å². The Labute approximate surface area is 172 Å². The number of carbonyl (C=O) groups is 2. The maximum atomic E-state index is 12.9. The number of aliphatic imine (C=N–C) groups is 1. The number of esters is 1. The number of ketones is 1. The van der Waals surface area contributed by atoms with Crippen molar-refractivity contribution in [3.8, 4) is 11.5 Å². The number of nitrogens with zero attached hydrogens (tertiary/aromatic N) is 1. The van der Waals surface area contributed by atoms with E-state index in [2.05, 4.69) is 20.9 Å². The second-order valence-corrected chi connectivity index (χ2v) is 7.73. The summed E-state index contributed by atoms with van der Waals surface area (Å²) in [5, 5.41) is 10.3. The molecule has 3 rings (SSSR count). The molecule has 0 bridgehead atoms. The molecule has 1 aliphatic carbocycles. The van der Waals surface area contributed by atoms with Crippen LogP contribution in [0.2, 0.25) is 0 Å². The summed E-state index contributed by atoms with van der Waals surface area (Å²) in [5.41, 5.74) is 2.49. The molecule has 1 fully saturated rings. The third kappa shape index (κ3) is 3.72. The molecule has 1 saturated carbocycles. The number of hydrogen-bond donors (Lipinski definition) is 1. The highest BCUT2D eigenvalue weighted by atomic mass is 79.9. The zero-order chi connectivity index (χ0) is 20.4. The molecule has 2 atom stereocenters. The highest BCUT2D eigenvalue weighted by Crippen LogP contribution is 2.46. The maximum Gasteiger partial charge on any atom is 0.336 e. The van der Waals surface area contributed by atoms with Crippen LogP contribution in [0.1, 0.15) is 51.5 Å². The van der Waals surface area contributed by atoms with Gasteiger partial charge in [0, 0.05) is 23.7 Å². The zero-order valence-electron chi connectivity index (χ0n) is 16.3. The average Bonchev–Trinajstić information content (AvgIpc) is 2.64. The van der Waals surface area contributed by atoms with Crippen LogP contribution in [0.5, 0.6) is 11.5 Å². The van der Waals surface area contributed by atoms with E-state index in [9.17, 15) is 14.7 Å². The minimum absolute atomic E-state index is 0.0105. The first kappa shape index (κ1) is 20.6. The molecule has 1 aromatic carbocycles. The van der Waals surface area contributed by atoms with Crippen molar-refractivity contribution in [1.29, 1.82) is 0 Å². The van der Waals surface area contributed by atoms with Crippen molar-refractivity contribution < 1.29 is 24.2 Å². The fourth-order valence-corrected chi connectivity index (χ4v) is 4.45. The van der Waals surface area contributed by atoms with Gasteiger partial charge in [-0.15, -0.1) is 0 Å². The van der Waals surface area contributed by atoms with Crippen LogP contribution in [-0.2, 0) is 14.3 Å². The van der Waals surface area contributed by atoms with E-state index in [1.807, 2.05) is 6.92 Å². The number of allylic oxidation sites excluding steroid dienone is 1. The second-order valence-electron chi connectivity index (χ2n) is 6.88. The highest BCUT2D eigenvalue weighted by molar-refractivity contribution is 9.10. The summed E-state index contributed by atoms with van der Waals surface area (Å²) in [4.78, 5) is 30.2. The molecular formula is C21H24BrNO5. The van der Waals surface area contributed by atoms with Gasteiger partial charge in [-0.1, -0.05) is 0 Å². The van der Waals surface area contributed by atoms with Crippen LogP contribution in [-0.4, -0.2) is 35.8 Å². The number of halogens is 1. The summed E-state index contributed by atoms with van der Waals surface area (Å²) in [5.74, 6) is -1.11. The molecule has 2 aliphatic rings. The molecular weight excluding hydrogens is 426 g/mol. The van der Waals surface area contributed by atoms with Gasteiger partial charge in [0.15, 0.2) is 11.5 Å². The average molecular weight is 450 g/mol. The van der Waals surface area contributed by atoms with E-state index < -0.39 is 17.8 Å². The van der Waals surface area contributed by atoms with E-state index >= 15 is 0 Å². The first-order valence-corrected chi connectivity index (χ1v) is 10.3. The minimum atomic E-state index is -0.518. The molecule has 0 amide bonds. The van der Waals surface area contributed by atoms with Crippen molar-refractivity contribution in [2.75, 3.05) is 13.2 Å². The molecule has 0 saturated heterocycles. The minimum Gasteiger partial charge on any atom is -0.503 e. The van der Waals surface area contributed by atoms with Crippen LogP contribution in [0.25, 0.3) is 0 Å². The van der Waals surface area contributed by atoms with Crippen LogP contribution in [0.4, 0.5) is 0 Å². The molecule has 1 heterocycles. The van der Waals surface area contributed by atoms with E-state index in [4.69, 9.17) is 9.47 Å². The lowest BCUT2D eigenvalue weighted by atomic mass is 9.69. The number of Topliss-reactive ketones (excluding diaryl/α,β-unsaturated/α-hetero) is 1. The molecule has 150 valence electrons. The van der Waals surface area contributed by atoms with Gasteiger partial charge in [-0.3, -0.25) is 9.79 Å². The molecule has 7 heteroatoms. The Morgan fingerprint density at radius 1 is 1.25 bits per heavy atom. The fraction of sp³-hybridized carbons (Fsp3) is 0.476. The van der Waals surface area contributed by atoms with E-state index in [0.29, 0.717) is 40.1 Å². The normalized spacial score (nSPS) is 21.9. The van der Waals surface area contributed by atoms with Gasteiger partial charge in [0.05, 0.1) is 29.2 Å². The van der Waals surface area contributed by atoms with Gasteiger partial charge in [-0.25, -0.2) is 4.79 Å². The van der Waals surface area contributed by atoms with E-state index in [1.54, 1.807) is 26.0 Å². The summed E-state index contributed by atoms with van der Waals surface area (Å²) >= 11 is 3.36. The number of ether oxygens (including phenoxy) is 2. The van der Waals surface area contributed by atoms with Crippen molar-refractivity contribution in [2.45, 2.75) is 46.0 Å². The predicted octanol–water partition coefficient (Wildman–Crippen LogP) is 4.30. The largest absolute Gasteiger partial charge is 0.503 e. The number of aromatic hydroxyl groups is 1. The van der Waals surface area contributed by atoms with Gasteiger partial charge in [0.25, 0.3) is 0 Å². The number of rotatable bonds is 5. The lowest BCUT2D eigenvalue weighted by Crippen LogP contribution is -2.39. The molecule has 6 nitrogen and oxygen atoms in total. The van der Waals surface area contributed by atoms with Crippen LogP contribution < -0.4 is 4.74 Å². The Bertz CT molecular complexity index is 874. The van der Waals surface area contributed by atoms with Crippen molar-refractivity contribution in [3.63, 3.8) is 0 Å². The number of benzene rings is 1. The summed E-state index contributed by atoms with van der Waals surface area (Å²) in [6, 6.07) is 3.44. The molecule has 0 spiro atoms. The first-order valence-electron chi connectivity index (χ1n) is 9.52. The smallest absolute Gasteiger partial charge is 0.336 e. The third-order valence-corrected chi connectivity index (χ3v) is 5.72. The Hall–Kier alpha value is -2.15. The van der Waals surface area contributed by atoms with Crippen molar-refractivity contribution in [3.05, 3.63) is 33.4 Å². The van der Waals surface area contributed by atoms with E-state index in [-0.39, 0.29) is 18.1 Å². The maximum absolute atomic E-state index is 12.9. The van der Waals surface area contributed by atoms with E-state index in [1.165, 1.54) is 0 Å². The standard InChI is InChI=1S/C21H24BrNO5/c1-4-27-16-10-12(9-13(22)20(16)25)18-17(21(26)28-5-2)11(3)23-14-7-6-8-15(24)19(14)18/h9-10,18-19,25H,4-8H2,1-3H3/t18-,19?/m1/s1. The topological polar surface area (TPSA) is 85.2 Å². The molecule has 1 aromatic rings. The van der Waals surface area contributed by atoms with Crippen LogP contribution in [0.15, 0.2) is 32.9 Å². The molecule has 1 N–H and O–H groups in total. The van der Waals surface area contributed by atoms with Crippen LogP contribution in [0.3, 0.4) is 0 Å². The fourth-order valence-electron chi connectivity index (χ4n) is 3.99. The number of carbonyl (C=O) groups excluding carboxylic acids is 2. The lowest BCUT2D eigenvalue weighted by molar-refractivity contribution is -0.139. The SMILES string of the molecule is CCOC(=O)C1=C(C)N=C2CCCC(=O)C2[C@@H]1c1cc(Br)c(O)c(OCC)c1. The lowest BCUT2D eigenvalue weighted by Gasteiger charge is -2.35. The van der Waals surface area contributed by atoms with Crippen LogP contribution in [0, 0.1) is 5.92 Å². The molecule has 0 aromatic heterocycles. The Kier molecular flexibility index (Phi) is 6.23. The second kappa shape index (κ2) is 8.47. The van der Waals surface area contributed by atoms with Gasteiger partial charge in [0.2, 0.25) is 0 Å². The molecule has 0 radical (unpaired) electrons. The molecule has 1 aliphatic heterocycles. The highest BCUT2D eigenvalue weighted by Gasteiger charge is 2.44. The molecule has 28 heavy (non-hydrogen) atoms. The Morgan fingerprint density at radius 2 is 2.00 bits per heavy atom. The monoisotopic (exact) mass is 449 g/mol. The summed E-state index contributed by atoms with van der Waals surface area (Å²) < 4.78 is 11.3. The van der Waals surface area contributed by atoms with Crippen molar-refractivity contribution >= 4 is 33.4 Å². The number of phenols is 1. The number of hydrogen-bond acceptors (Lipinski definition) is 6. The molecule has 1 unspecified atom stereocenters.